The van der Waals surface area contributed by atoms with Crippen molar-refractivity contribution in [3.63, 3.8) is 0 Å². The van der Waals surface area contributed by atoms with E-state index >= 15 is 0 Å². The average Bonchev–Trinajstić information content (AvgIpc) is 3.25. The smallest absolute Gasteiger partial charge is 0.0178 e. The van der Waals surface area contributed by atoms with Gasteiger partial charge >= 0.3 is 0 Å². The van der Waals surface area contributed by atoms with Crippen LogP contribution in [0, 0.1) is 5.41 Å². The van der Waals surface area contributed by atoms with Crippen molar-refractivity contribution >= 4 is 15.9 Å². The number of piperidine rings is 1. The minimum absolute atomic E-state index is 0.494. The van der Waals surface area contributed by atoms with E-state index in [-0.39, 0.29) is 0 Å². The molecule has 1 N–H and O–H groups in total. The summed E-state index contributed by atoms with van der Waals surface area (Å²) in [6.45, 7) is 6.10. The van der Waals surface area contributed by atoms with Crippen LogP contribution in [-0.4, -0.2) is 36.6 Å². The highest BCUT2D eigenvalue weighted by Crippen LogP contribution is 2.52. The van der Waals surface area contributed by atoms with Crippen molar-refractivity contribution in [2.75, 3.05) is 19.6 Å². The molecular weight excluding hydrogens is 324 g/mol. The number of halogens is 1. The van der Waals surface area contributed by atoms with Crippen LogP contribution in [0.15, 0.2) is 28.7 Å². The van der Waals surface area contributed by atoms with Crippen LogP contribution in [-0.2, 0) is 0 Å². The number of benzene rings is 1. The number of rotatable bonds is 2. The molecule has 2 nitrogen and oxygen atoms in total. The number of nitrogens with zero attached hydrogens (tertiary/aromatic N) is 1. The molecule has 3 unspecified atom stereocenters. The molecule has 1 saturated carbocycles. The molecule has 2 saturated heterocycles. The van der Waals surface area contributed by atoms with Gasteiger partial charge in [-0.05, 0) is 62.3 Å². The minimum atomic E-state index is 0.494. The molecule has 2 aliphatic heterocycles. The Kier molecular flexibility index (Phi) is 3.63. The Morgan fingerprint density at radius 3 is 2.95 bits per heavy atom. The maximum Gasteiger partial charge on any atom is 0.0178 e. The molecule has 21 heavy (non-hydrogen) atoms. The maximum absolute atomic E-state index is 3.65. The lowest BCUT2D eigenvalue weighted by molar-refractivity contribution is 0.159. The summed E-state index contributed by atoms with van der Waals surface area (Å²) < 4.78 is 1.21. The Morgan fingerprint density at radius 1 is 1.33 bits per heavy atom. The van der Waals surface area contributed by atoms with E-state index in [0.717, 1.165) is 18.6 Å². The van der Waals surface area contributed by atoms with Crippen LogP contribution in [0.1, 0.15) is 44.1 Å². The fraction of sp³-hybridized carbons (Fsp3) is 0.667. The van der Waals surface area contributed by atoms with Crippen molar-refractivity contribution in [2.24, 2.45) is 5.41 Å². The van der Waals surface area contributed by atoms with Gasteiger partial charge in [0, 0.05) is 35.6 Å². The molecule has 1 aromatic carbocycles. The van der Waals surface area contributed by atoms with Crippen LogP contribution >= 0.6 is 15.9 Å². The van der Waals surface area contributed by atoms with Crippen LogP contribution < -0.4 is 5.32 Å². The van der Waals surface area contributed by atoms with E-state index in [9.17, 15) is 0 Å². The zero-order chi connectivity index (χ0) is 14.4. The predicted molar refractivity (Wildman–Crippen MR) is 90.6 cm³/mol. The SMILES string of the molecule is CC1CC2(CCNCC2c2cccc(Br)c2)CN1C1CC1. The molecule has 0 bridgehead atoms. The first-order valence-corrected chi connectivity index (χ1v) is 9.19. The number of likely N-dealkylation sites (tertiary alicyclic amines) is 1. The lowest BCUT2D eigenvalue weighted by Crippen LogP contribution is -2.45. The maximum atomic E-state index is 3.65. The van der Waals surface area contributed by atoms with E-state index in [1.54, 1.807) is 0 Å². The molecule has 2 heterocycles. The van der Waals surface area contributed by atoms with Gasteiger partial charge in [-0.25, -0.2) is 0 Å². The number of nitrogens with one attached hydrogen (secondary N) is 1. The first kappa shape index (κ1) is 14.2. The first-order chi connectivity index (χ1) is 10.2. The zero-order valence-corrected chi connectivity index (χ0v) is 14.4. The molecule has 3 aliphatic rings. The second kappa shape index (κ2) is 5.36. The molecule has 3 fully saturated rings. The highest BCUT2D eigenvalue weighted by atomic mass is 79.9. The first-order valence-electron chi connectivity index (χ1n) is 8.40. The monoisotopic (exact) mass is 348 g/mol. The minimum Gasteiger partial charge on any atom is -0.316 e. The van der Waals surface area contributed by atoms with E-state index < -0.39 is 0 Å². The van der Waals surface area contributed by atoms with Gasteiger partial charge in [-0.1, -0.05) is 28.1 Å². The topological polar surface area (TPSA) is 15.3 Å². The Hall–Kier alpha value is -0.380. The molecule has 4 rings (SSSR count). The summed E-state index contributed by atoms with van der Waals surface area (Å²) in [5.41, 5.74) is 2.01. The molecule has 114 valence electrons. The van der Waals surface area contributed by atoms with E-state index in [1.807, 2.05) is 0 Å². The van der Waals surface area contributed by atoms with Gasteiger partial charge < -0.3 is 5.32 Å². The summed E-state index contributed by atoms with van der Waals surface area (Å²) in [5, 5.41) is 3.64. The highest BCUT2D eigenvalue weighted by molar-refractivity contribution is 9.10. The quantitative estimate of drug-likeness (QED) is 0.874. The Balaban J connectivity index is 1.65. The molecule has 0 amide bonds. The van der Waals surface area contributed by atoms with E-state index in [0.29, 0.717) is 11.3 Å². The van der Waals surface area contributed by atoms with E-state index in [1.165, 1.54) is 48.8 Å². The molecule has 0 radical (unpaired) electrons. The molecular formula is C18H25BrN2. The molecule has 3 atom stereocenters. The van der Waals surface area contributed by atoms with Gasteiger partial charge in [0.25, 0.3) is 0 Å². The van der Waals surface area contributed by atoms with Crippen LogP contribution in [0.25, 0.3) is 0 Å². The van der Waals surface area contributed by atoms with Crippen LogP contribution in [0.3, 0.4) is 0 Å². The standard InChI is InChI=1S/C18H25BrN2/c1-13-10-18(12-21(13)16-5-6-16)7-8-20-11-17(18)14-3-2-4-15(19)9-14/h2-4,9,13,16-17,20H,5-8,10-12H2,1H3. The van der Waals surface area contributed by atoms with Gasteiger partial charge in [0.2, 0.25) is 0 Å². The van der Waals surface area contributed by atoms with Crippen molar-refractivity contribution in [1.29, 1.82) is 0 Å². The van der Waals surface area contributed by atoms with Crippen molar-refractivity contribution in [3.05, 3.63) is 34.3 Å². The van der Waals surface area contributed by atoms with Crippen LogP contribution in [0.5, 0.6) is 0 Å². The predicted octanol–water partition coefficient (Wildman–Crippen LogP) is 3.77. The summed E-state index contributed by atoms with van der Waals surface area (Å²) >= 11 is 3.65. The Labute approximate surface area is 136 Å². The number of hydrogen-bond donors (Lipinski definition) is 1. The van der Waals surface area contributed by atoms with Gasteiger partial charge in [-0.15, -0.1) is 0 Å². The Bertz CT molecular complexity index is 528. The van der Waals surface area contributed by atoms with Gasteiger partial charge in [0.1, 0.15) is 0 Å². The van der Waals surface area contributed by atoms with Gasteiger partial charge in [0.15, 0.2) is 0 Å². The van der Waals surface area contributed by atoms with Crippen LogP contribution in [0.4, 0.5) is 0 Å². The second-order valence-electron chi connectivity index (χ2n) is 7.38. The van der Waals surface area contributed by atoms with E-state index in [4.69, 9.17) is 0 Å². The van der Waals surface area contributed by atoms with E-state index in [2.05, 4.69) is 57.3 Å². The average molecular weight is 349 g/mol. The third-order valence-corrected chi connectivity index (χ3v) is 6.41. The van der Waals surface area contributed by atoms with Gasteiger partial charge in [-0.2, -0.15) is 0 Å². The lowest BCUT2D eigenvalue weighted by Gasteiger charge is -2.42. The molecule has 1 aliphatic carbocycles. The number of hydrogen-bond acceptors (Lipinski definition) is 2. The van der Waals surface area contributed by atoms with Crippen molar-refractivity contribution in [1.82, 2.24) is 10.2 Å². The summed E-state index contributed by atoms with van der Waals surface area (Å²) in [6, 6.07) is 10.7. The zero-order valence-electron chi connectivity index (χ0n) is 12.8. The molecule has 3 heteroatoms. The third kappa shape index (κ3) is 2.58. The summed E-state index contributed by atoms with van der Waals surface area (Å²) in [5.74, 6) is 0.662. The summed E-state index contributed by atoms with van der Waals surface area (Å²) in [7, 11) is 0. The Morgan fingerprint density at radius 2 is 2.19 bits per heavy atom. The fourth-order valence-electron chi connectivity index (χ4n) is 4.79. The van der Waals surface area contributed by atoms with Crippen molar-refractivity contribution < 1.29 is 0 Å². The molecule has 0 aromatic heterocycles. The molecule has 1 aromatic rings. The second-order valence-corrected chi connectivity index (χ2v) is 8.30. The molecule has 1 spiro atoms. The van der Waals surface area contributed by atoms with Crippen molar-refractivity contribution in [2.45, 2.75) is 50.6 Å². The van der Waals surface area contributed by atoms with Crippen molar-refractivity contribution in [3.8, 4) is 0 Å². The van der Waals surface area contributed by atoms with Gasteiger partial charge in [0.05, 0.1) is 0 Å². The largest absolute Gasteiger partial charge is 0.316 e. The lowest BCUT2D eigenvalue weighted by atomic mass is 9.66. The summed E-state index contributed by atoms with van der Waals surface area (Å²) in [4.78, 5) is 2.82. The highest BCUT2D eigenvalue weighted by Gasteiger charge is 2.51. The fourth-order valence-corrected chi connectivity index (χ4v) is 5.20. The van der Waals surface area contributed by atoms with Gasteiger partial charge in [-0.3, -0.25) is 4.90 Å². The normalized spacial score (nSPS) is 37.2. The third-order valence-electron chi connectivity index (χ3n) is 5.92. The van der Waals surface area contributed by atoms with Crippen LogP contribution in [0.2, 0.25) is 0 Å². The summed E-state index contributed by atoms with van der Waals surface area (Å²) in [6.07, 6.45) is 5.57.